The highest BCUT2D eigenvalue weighted by Crippen LogP contribution is 2.57. The number of hydrogen-bond donors (Lipinski definition) is 0. The Balaban J connectivity index is 1.32. The minimum atomic E-state index is -0.764. The highest BCUT2D eigenvalue weighted by atomic mass is 16.5. The van der Waals surface area contributed by atoms with Crippen LogP contribution >= 0.6 is 0 Å². The molecule has 3 aliphatic rings. The molecule has 1 atom stereocenters. The van der Waals surface area contributed by atoms with E-state index in [4.69, 9.17) is 4.74 Å². The molecule has 5 heteroatoms. The van der Waals surface area contributed by atoms with Crippen LogP contribution in [0.4, 0.5) is 0 Å². The molecule has 3 aliphatic heterocycles. The van der Waals surface area contributed by atoms with Crippen LogP contribution in [0.3, 0.4) is 0 Å². The molecule has 8 heterocycles. The van der Waals surface area contributed by atoms with Crippen molar-refractivity contribution in [3.05, 3.63) is 157 Å². The summed E-state index contributed by atoms with van der Waals surface area (Å²) < 4.78 is 17.3. The first-order valence-corrected chi connectivity index (χ1v) is 18.0. The third-order valence-electron chi connectivity index (χ3n) is 12.8. The van der Waals surface area contributed by atoms with Gasteiger partial charge in [-0.05, 0) is 88.3 Å². The van der Waals surface area contributed by atoms with Gasteiger partial charge in [0.1, 0.15) is 39.3 Å². The van der Waals surface area contributed by atoms with Gasteiger partial charge in [0.15, 0.2) is 5.52 Å². The van der Waals surface area contributed by atoms with Gasteiger partial charge in [0.2, 0.25) is 0 Å². The molecular weight excluding hydrogens is 637 g/mol. The minimum Gasteiger partial charge on any atom is -0.456 e. The van der Waals surface area contributed by atoms with E-state index < -0.39 is 5.66 Å². The van der Waals surface area contributed by atoms with Crippen LogP contribution in [0.1, 0.15) is 11.1 Å². The van der Waals surface area contributed by atoms with Gasteiger partial charge >= 0.3 is 5.66 Å². The number of hydrogen-bond acceptors (Lipinski definition) is 1. The Morgan fingerprint density at radius 3 is 2.06 bits per heavy atom. The quantitative estimate of drug-likeness (QED) is 0.118. The van der Waals surface area contributed by atoms with Crippen molar-refractivity contribution in [2.45, 2.75) is 5.66 Å². The van der Waals surface area contributed by atoms with Gasteiger partial charge in [0.25, 0.3) is 11.3 Å². The van der Waals surface area contributed by atoms with Crippen LogP contribution in [0.15, 0.2) is 146 Å². The molecule has 15 rings (SSSR count). The van der Waals surface area contributed by atoms with E-state index in [1.54, 1.807) is 0 Å². The lowest BCUT2D eigenvalue weighted by molar-refractivity contribution is -0.954. The predicted octanol–water partition coefficient (Wildman–Crippen LogP) is 10.00. The van der Waals surface area contributed by atoms with Crippen LogP contribution < -0.4 is 13.9 Å². The molecule has 5 nitrogen and oxygen atoms in total. The minimum absolute atomic E-state index is 0.764. The van der Waals surface area contributed by atoms with Gasteiger partial charge in [0, 0.05) is 32.3 Å². The van der Waals surface area contributed by atoms with Crippen LogP contribution in [-0.4, -0.2) is 8.97 Å². The zero-order valence-corrected chi connectivity index (χ0v) is 27.6. The fraction of sp³-hybridized carbons (Fsp3) is 0.0213. The smallest absolute Gasteiger partial charge is 0.321 e. The maximum Gasteiger partial charge on any atom is 0.321 e. The Kier molecular flexibility index (Phi) is 3.77. The van der Waals surface area contributed by atoms with Crippen LogP contribution in [-0.2, 0) is 5.66 Å². The number of para-hydroxylation sites is 1. The second-order valence-corrected chi connectivity index (χ2v) is 14.8. The van der Waals surface area contributed by atoms with Gasteiger partial charge in [-0.25, -0.2) is 0 Å². The predicted molar refractivity (Wildman–Crippen MR) is 206 cm³/mol. The molecule has 52 heavy (non-hydrogen) atoms. The highest BCUT2D eigenvalue weighted by Gasteiger charge is 2.63. The van der Waals surface area contributed by atoms with Crippen molar-refractivity contribution in [2.24, 2.45) is 0 Å². The van der Waals surface area contributed by atoms with Crippen molar-refractivity contribution < 1.29 is 13.9 Å². The molecule has 0 amide bonds. The van der Waals surface area contributed by atoms with Crippen molar-refractivity contribution in [1.82, 2.24) is 8.97 Å². The van der Waals surface area contributed by atoms with Crippen molar-refractivity contribution >= 4 is 92.5 Å². The Morgan fingerprint density at radius 2 is 1.13 bits per heavy atom. The van der Waals surface area contributed by atoms with Gasteiger partial charge in [-0.3, -0.25) is 0 Å². The molecule has 0 radical (unpaired) electrons. The second-order valence-electron chi connectivity index (χ2n) is 14.8. The SMILES string of the molecule is c1cc2c3c(c1)-n1c4ccccc4c4ccc[n+](c41)C31c3c(ccc4c5ccc6cccc7c8ccccc8c8c9ccc[n+]1c9n(c34)c5c8c67)O2. The molecule has 12 aromatic rings. The number of rotatable bonds is 0. The molecule has 1 unspecified atom stereocenters. The number of ether oxygens (including phenoxy) is 1. The lowest BCUT2D eigenvalue weighted by Gasteiger charge is -2.40. The summed E-state index contributed by atoms with van der Waals surface area (Å²) in [4.78, 5) is 0. The third kappa shape index (κ3) is 2.32. The Labute approximate surface area is 294 Å². The largest absolute Gasteiger partial charge is 0.456 e. The molecule has 0 N–H and O–H groups in total. The fourth-order valence-electron chi connectivity index (χ4n) is 11.2. The number of nitrogens with zero attached hydrogens (tertiary/aromatic N) is 4. The number of aromatic nitrogens is 4. The average Bonchev–Trinajstić information content (AvgIpc) is 3.65. The van der Waals surface area contributed by atoms with Crippen molar-refractivity contribution in [3.63, 3.8) is 0 Å². The highest BCUT2D eigenvalue weighted by molar-refractivity contribution is 6.40. The molecule has 0 fully saturated rings. The topological polar surface area (TPSA) is 26.3 Å². The lowest BCUT2D eigenvalue weighted by Crippen LogP contribution is -2.77. The van der Waals surface area contributed by atoms with Gasteiger partial charge in [-0.1, -0.05) is 66.7 Å². The molecule has 0 aliphatic carbocycles. The molecule has 0 saturated heterocycles. The monoisotopic (exact) mass is 660 g/mol. The Morgan fingerprint density at radius 1 is 0.442 bits per heavy atom. The number of benzene rings is 6. The molecule has 7 aromatic carbocycles. The van der Waals surface area contributed by atoms with Gasteiger partial charge in [-0.15, -0.1) is 0 Å². The second kappa shape index (κ2) is 7.83. The Bertz CT molecular complexity index is 3740. The van der Waals surface area contributed by atoms with E-state index in [1.165, 1.54) is 98.0 Å². The number of fused-ring (bicyclic) bond motifs is 9. The lowest BCUT2D eigenvalue weighted by atomic mass is 9.81. The zero-order chi connectivity index (χ0) is 33.2. The van der Waals surface area contributed by atoms with E-state index in [1.807, 2.05) is 0 Å². The van der Waals surface area contributed by atoms with Crippen molar-refractivity contribution in [2.75, 3.05) is 0 Å². The normalized spacial score (nSPS) is 16.7. The first-order chi connectivity index (χ1) is 25.8. The molecule has 1 spiro atoms. The van der Waals surface area contributed by atoms with Crippen molar-refractivity contribution in [1.29, 1.82) is 0 Å². The first-order valence-electron chi connectivity index (χ1n) is 18.0. The van der Waals surface area contributed by atoms with Crippen molar-refractivity contribution in [3.8, 4) is 17.2 Å². The Hall–Kier alpha value is -6.98. The summed E-state index contributed by atoms with van der Waals surface area (Å²) in [6, 6.07) is 49.6. The average molecular weight is 661 g/mol. The van der Waals surface area contributed by atoms with E-state index in [2.05, 4.69) is 164 Å². The summed E-state index contributed by atoms with van der Waals surface area (Å²) in [5.74, 6) is 1.79. The van der Waals surface area contributed by atoms with E-state index >= 15 is 0 Å². The summed E-state index contributed by atoms with van der Waals surface area (Å²) in [7, 11) is 0. The third-order valence-corrected chi connectivity index (χ3v) is 12.8. The van der Waals surface area contributed by atoms with E-state index in [0.717, 1.165) is 22.7 Å². The van der Waals surface area contributed by atoms with Gasteiger partial charge in [-0.2, -0.15) is 18.1 Å². The number of pyridine rings is 3. The molecule has 0 saturated carbocycles. The summed E-state index contributed by atoms with van der Waals surface area (Å²) >= 11 is 0. The maximum absolute atomic E-state index is 7.07. The van der Waals surface area contributed by atoms with Crippen LogP contribution in [0, 0.1) is 0 Å². The maximum atomic E-state index is 7.07. The fourth-order valence-corrected chi connectivity index (χ4v) is 11.2. The zero-order valence-electron chi connectivity index (χ0n) is 27.6. The standard InChI is InChI=1S/C47H24N4O/c1-2-12-29-26(10-1)28-13-5-9-25-19-20-30-31-21-22-37-42-44(31)51-43(30)40(38(25)28)39(29)33-15-8-24-49(46(33)51)47(42)41-35(17-6-18-36(41)52-37)50-34-16-4-3-11-27(34)32-14-7-23-48(47)45(32)50/h1-24H/q+2. The van der Waals surface area contributed by atoms with Gasteiger partial charge in [0.05, 0.1) is 23.2 Å². The first kappa shape index (κ1) is 25.0. The van der Waals surface area contributed by atoms with Crippen LogP contribution in [0.5, 0.6) is 11.5 Å². The molecule has 236 valence electrons. The van der Waals surface area contributed by atoms with E-state index in [9.17, 15) is 0 Å². The molecule has 5 aromatic heterocycles. The summed E-state index contributed by atoms with van der Waals surface area (Å²) in [5, 5.41) is 15.3. The van der Waals surface area contributed by atoms with E-state index in [-0.39, 0.29) is 0 Å². The summed E-state index contributed by atoms with van der Waals surface area (Å²) in [5.41, 5.74) is 8.80. The summed E-state index contributed by atoms with van der Waals surface area (Å²) in [6.07, 6.45) is 4.62. The van der Waals surface area contributed by atoms with Crippen LogP contribution in [0.25, 0.3) is 98.2 Å². The summed E-state index contributed by atoms with van der Waals surface area (Å²) in [6.45, 7) is 0. The molecular formula is C47H24N4O+2. The molecule has 0 bridgehead atoms. The van der Waals surface area contributed by atoms with Crippen LogP contribution in [0.2, 0.25) is 0 Å². The van der Waals surface area contributed by atoms with Gasteiger partial charge < -0.3 is 4.74 Å². The van der Waals surface area contributed by atoms with E-state index in [0.29, 0.717) is 0 Å².